The Hall–Kier alpha value is -9.69. The van der Waals surface area contributed by atoms with Crippen LogP contribution in [0.4, 0.5) is 17.5 Å². The number of hydrogen-bond donors (Lipinski definition) is 8. The van der Waals surface area contributed by atoms with Crippen LogP contribution in [-0.4, -0.2) is 144 Å². The fraction of sp³-hybridized carbons (Fsp3) is 0.239. The van der Waals surface area contributed by atoms with E-state index in [1.807, 2.05) is 120 Å². The summed E-state index contributed by atoms with van der Waals surface area (Å²) in [6.07, 6.45) is 8.60. The third-order valence-corrected chi connectivity index (χ3v) is 20.0. The molecule has 9 aromatic rings. The van der Waals surface area contributed by atoms with Crippen molar-refractivity contribution in [3.8, 4) is 11.1 Å². The van der Waals surface area contributed by atoms with Crippen LogP contribution in [0.15, 0.2) is 204 Å². The fourth-order valence-corrected chi connectivity index (χ4v) is 14.0. The standard InChI is InChI=1S/C23H24N4O4S.C23H24N4O2.C21H22N4O4S/c28-23(26-29)19-8-11-22(24-16-19)25-20-12-14-27(15-13-20)32(30,31)21-9-6-18(7-10-21)17-4-2-1-3-5-17;1-24-22(28)19-8-9-21(25-15-19)26-20-10-12-27(13-11-20)23(29)18-7-6-16-4-2-3-5-17(16)14-18;26-21(24-27)17-6-8-20(22-14-17)23-18-9-11-25(12-10-18)30(28,29)19-7-5-15-3-1-2-4-16(15)13-19/h1-11,16,20,29H,12-15H2,(H,24,25)(H,26,28);2-9,14-15,20H,10-13H2,1H3,(H,24,28)(H,25,26);1-8,13-14,18,27H,9-12H2,(H,22,23)(H,24,26). The van der Waals surface area contributed by atoms with Gasteiger partial charge in [-0.2, -0.15) is 8.61 Å². The second-order valence-electron chi connectivity index (χ2n) is 22.1. The number of sulfonamides is 2. The Morgan fingerprint density at radius 3 is 1.22 bits per heavy atom. The lowest BCUT2D eigenvalue weighted by atomic mass is 10.0. The third-order valence-electron chi connectivity index (χ3n) is 16.2. The minimum atomic E-state index is -3.55. The van der Waals surface area contributed by atoms with E-state index in [0.29, 0.717) is 91.9 Å². The first-order valence-electron chi connectivity index (χ1n) is 29.8. The molecular weight excluding hydrogens is 1200 g/mol. The molecule has 3 aromatic heterocycles. The van der Waals surface area contributed by atoms with Crippen LogP contribution in [0, 0.1) is 0 Å². The lowest BCUT2D eigenvalue weighted by Gasteiger charge is -2.32. The highest BCUT2D eigenvalue weighted by atomic mass is 32.2. The van der Waals surface area contributed by atoms with E-state index in [-0.39, 0.29) is 41.1 Å². The molecule has 4 amide bonds. The van der Waals surface area contributed by atoms with E-state index >= 15 is 0 Å². The summed E-state index contributed by atoms with van der Waals surface area (Å²) in [6, 6.07) is 54.1. The molecule has 3 saturated heterocycles. The molecule has 470 valence electrons. The number of aromatic nitrogens is 3. The van der Waals surface area contributed by atoms with E-state index in [0.717, 1.165) is 56.9 Å². The number of nitrogens with one attached hydrogen (secondary N) is 6. The number of amides is 4. The second-order valence-corrected chi connectivity index (χ2v) is 26.0. The summed E-state index contributed by atoms with van der Waals surface area (Å²) in [7, 11) is -5.50. The van der Waals surface area contributed by atoms with Crippen LogP contribution in [0.25, 0.3) is 32.7 Å². The quantitative estimate of drug-likeness (QED) is 0.0351. The van der Waals surface area contributed by atoms with Gasteiger partial charge in [0.1, 0.15) is 17.5 Å². The summed E-state index contributed by atoms with van der Waals surface area (Å²) in [5.41, 5.74) is 6.91. The topological polar surface area (TPSA) is 298 Å². The smallest absolute Gasteiger partial charge is 0.276 e. The molecule has 0 saturated carbocycles. The number of fused-ring (bicyclic) bond motifs is 2. The average Bonchev–Trinajstić information content (AvgIpc) is 1.65. The summed E-state index contributed by atoms with van der Waals surface area (Å²) in [6.45, 7) is 3.06. The molecule has 22 nitrogen and oxygen atoms in total. The molecular formula is C67H70N12O10S2. The van der Waals surface area contributed by atoms with Crippen molar-refractivity contribution < 1.29 is 46.4 Å². The Labute approximate surface area is 527 Å². The van der Waals surface area contributed by atoms with Gasteiger partial charge in [-0.15, -0.1) is 0 Å². The molecule has 0 atom stereocenters. The van der Waals surface area contributed by atoms with Gasteiger partial charge in [-0.3, -0.25) is 29.6 Å². The zero-order chi connectivity index (χ0) is 63.9. The van der Waals surface area contributed by atoms with Gasteiger partial charge in [-0.05, 0) is 144 Å². The van der Waals surface area contributed by atoms with E-state index < -0.39 is 31.9 Å². The molecule has 0 aliphatic carbocycles. The van der Waals surface area contributed by atoms with Crippen molar-refractivity contribution >= 4 is 82.7 Å². The minimum absolute atomic E-state index is 0.0759. The summed E-state index contributed by atoms with van der Waals surface area (Å²) < 4.78 is 55.3. The van der Waals surface area contributed by atoms with Crippen LogP contribution < -0.4 is 32.2 Å². The van der Waals surface area contributed by atoms with Gasteiger partial charge >= 0.3 is 0 Å². The monoisotopic (exact) mass is 1270 g/mol. The predicted octanol–water partition coefficient (Wildman–Crippen LogP) is 9.06. The number of anilines is 3. The molecule has 0 radical (unpaired) electrons. The minimum Gasteiger partial charge on any atom is -0.367 e. The molecule has 3 aliphatic heterocycles. The Balaban J connectivity index is 0.000000150. The molecule has 0 bridgehead atoms. The Morgan fingerprint density at radius 1 is 0.407 bits per heavy atom. The van der Waals surface area contributed by atoms with Crippen molar-refractivity contribution in [1.82, 2.24) is 44.7 Å². The first kappa shape index (κ1) is 64.3. The average molecular weight is 1270 g/mol. The van der Waals surface area contributed by atoms with Crippen LogP contribution in [0.2, 0.25) is 0 Å². The summed E-state index contributed by atoms with van der Waals surface area (Å²) in [5, 5.41) is 34.0. The number of hydrogen-bond acceptors (Lipinski definition) is 16. The first-order chi connectivity index (χ1) is 44.1. The number of hydroxylamine groups is 2. The van der Waals surface area contributed by atoms with E-state index in [4.69, 9.17) is 10.4 Å². The Morgan fingerprint density at radius 2 is 0.780 bits per heavy atom. The fourth-order valence-electron chi connectivity index (χ4n) is 11.0. The maximum absolute atomic E-state index is 13.1. The zero-order valence-corrected chi connectivity index (χ0v) is 51.5. The highest BCUT2D eigenvalue weighted by Crippen LogP contribution is 2.29. The number of nitrogens with zero attached hydrogens (tertiary/aromatic N) is 6. The molecule has 12 rings (SSSR count). The molecule has 0 unspecified atom stereocenters. The number of carbonyl (C=O) groups excluding carboxylic acids is 4. The van der Waals surface area contributed by atoms with Crippen molar-refractivity contribution in [1.29, 1.82) is 0 Å². The van der Waals surface area contributed by atoms with E-state index in [1.54, 1.807) is 78.8 Å². The number of piperidine rings is 3. The lowest BCUT2D eigenvalue weighted by Crippen LogP contribution is -2.42. The van der Waals surface area contributed by atoms with Crippen molar-refractivity contribution in [2.75, 3.05) is 62.3 Å². The molecule has 8 N–H and O–H groups in total. The van der Waals surface area contributed by atoms with Gasteiger partial charge in [0.2, 0.25) is 20.0 Å². The molecule has 3 aliphatic rings. The van der Waals surface area contributed by atoms with Gasteiger partial charge < -0.3 is 26.2 Å². The van der Waals surface area contributed by atoms with Crippen molar-refractivity contribution in [3.63, 3.8) is 0 Å². The maximum atomic E-state index is 13.1. The lowest BCUT2D eigenvalue weighted by molar-refractivity contribution is 0.0701. The summed E-state index contributed by atoms with van der Waals surface area (Å²) >= 11 is 0. The van der Waals surface area contributed by atoms with Crippen molar-refractivity contribution in [3.05, 3.63) is 217 Å². The molecule has 3 fully saturated rings. The van der Waals surface area contributed by atoms with E-state index in [9.17, 15) is 36.0 Å². The van der Waals surface area contributed by atoms with Gasteiger partial charge in [-0.25, -0.2) is 42.7 Å². The summed E-state index contributed by atoms with van der Waals surface area (Å²) in [4.78, 5) is 62.4. The number of benzene rings is 6. The number of rotatable bonds is 15. The molecule has 6 aromatic carbocycles. The molecule has 24 heteroatoms. The van der Waals surface area contributed by atoms with Crippen LogP contribution in [0.3, 0.4) is 0 Å². The van der Waals surface area contributed by atoms with Gasteiger partial charge in [0.15, 0.2) is 0 Å². The van der Waals surface area contributed by atoms with Gasteiger partial charge in [0, 0.05) is 88.6 Å². The van der Waals surface area contributed by atoms with Crippen LogP contribution >= 0.6 is 0 Å². The highest BCUT2D eigenvalue weighted by molar-refractivity contribution is 7.89. The normalized spacial score (nSPS) is 15.2. The largest absolute Gasteiger partial charge is 0.367 e. The highest BCUT2D eigenvalue weighted by Gasteiger charge is 2.32. The summed E-state index contributed by atoms with van der Waals surface area (Å²) in [5.74, 6) is 0.627. The molecule has 0 spiro atoms. The first-order valence-corrected chi connectivity index (χ1v) is 32.7. The van der Waals surface area contributed by atoms with Gasteiger partial charge in [-0.1, -0.05) is 103 Å². The third kappa shape index (κ3) is 16.2. The van der Waals surface area contributed by atoms with E-state index in [1.165, 1.54) is 21.0 Å². The van der Waals surface area contributed by atoms with Crippen LogP contribution in [0.1, 0.15) is 80.0 Å². The number of likely N-dealkylation sites (tertiary alicyclic amines) is 1. The van der Waals surface area contributed by atoms with Gasteiger partial charge in [0.05, 0.1) is 26.5 Å². The van der Waals surface area contributed by atoms with E-state index in [2.05, 4.69) is 42.3 Å². The van der Waals surface area contributed by atoms with Crippen molar-refractivity contribution in [2.24, 2.45) is 0 Å². The van der Waals surface area contributed by atoms with Crippen LogP contribution in [0.5, 0.6) is 0 Å². The number of pyridine rings is 3. The van der Waals surface area contributed by atoms with Crippen molar-refractivity contribution in [2.45, 2.75) is 66.4 Å². The number of carbonyl (C=O) groups is 4. The predicted molar refractivity (Wildman–Crippen MR) is 348 cm³/mol. The SMILES string of the molecule is CNC(=O)c1ccc(NC2CCN(C(=O)c3ccc4ccccc4c3)CC2)nc1.O=C(NO)c1ccc(NC2CCN(S(=O)(=O)c3ccc(-c4ccccc4)cc3)CC2)nc1.O=C(NO)c1ccc(NC2CCN(S(=O)(=O)c3ccc4ccccc4c3)CC2)nc1. The second kappa shape index (κ2) is 29.7. The Bertz CT molecular complexity index is 4210. The molecule has 6 heterocycles. The zero-order valence-electron chi connectivity index (χ0n) is 49.9. The molecule has 91 heavy (non-hydrogen) atoms. The van der Waals surface area contributed by atoms with Crippen LogP contribution in [-0.2, 0) is 20.0 Å². The van der Waals surface area contributed by atoms with Gasteiger partial charge in [0.25, 0.3) is 23.6 Å². The Kier molecular flexibility index (Phi) is 21.0. The maximum Gasteiger partial charge on any atom is 0.276 e.